The zero-order valence-electron chi connectivity index (χ0n) is 15.1. The molecule has 7 nitrogen and oxygen atoms in total. The number of aromatic nitrogens is 2. The van der Waals surface area contributed by atoms with E-state index in [9.17, 15) is 9.59 Å². The minimum absolute atomic E-state index is 0.0256. The van der Waals surface area contributed by atoms with Gasteiger partial charge in [0.2, 0.25) is 11.5 Å². The molecule has 0 saturated heterocycles. The number of methoxy groups -OCH3 is 3. The molecular weight excluding hydrogens is 348 g/mol. The van der Waals surface area contributed by atoms with E-state index in [-0.39, 0.29) is 11.4 Å². The number of H-pyrrole nitrogens is 1. The maximum atomic E-state index is 12.4. The summed E-state index contributed by atoms with van der Waals surface area (Å²) in [5, 5.41) is 0.433. The van der Waals surface area contributed by atoms with Crippen molar-refractivity contribution in [3.8, 4) is 17.2 Å². The summed E-state index contributed by atoms with van der Waals surface area (Å²) in [5.41, 5.74) is 0.775. The second kappa shape index (κ2) is 7.74. The first kappa shape index (κ1) is 18.2. The summed E-state index contributed by atoms with van der Waals surface area (Å²) in [5.74, 6) is 0.959. The summed E-state index contributed by atoms with van der Waals surface area (Å²) in [7, 11) is 4.54. The monoisotopic (exact) mass is 366 g/mol. The number of rotatable bonds is 6. The molecule has 0 unspecified atom stereocenters. The number of carbonyl (C=O) groups is 1. The summed E-state index contributed by atoms with van der Waals surface area (Å²) in [6.45, 7) is 0. The molecule has 3 aromatic rings. The van der Waals surface area contributed by atoms with Crippen LogP contribution >= 0.6 is 0 Å². The molecule has 0 atom stereocenters. The molecule has 1 N–H and O–H groups in total. The van der Waals surface area contributed by atoms with Gasteiger partial charge in [0, 0.05) is 0 Å². The molecule has 1 heterocycles. The highest BCUT2D eigenvalue weighted by Crippen LogP contribution is 2.38. The van der Waals surface area contributed by atoms with Gasteiger partial charge in [-0.25, -0.2) is 4.98 Å². The minimum atomic E-state index is -0.424. The van der Waals surface area contributed by atoms with E-state index >= 15 is 0 Å². The molecule has 0 spiro atoms. The van der Waals surface area contributed by atoms with Crippen LogP contribution in [0.3, 0.4) is 0 Å². The van der Waals surface area contributed by atoms with Crippen molar-refractivity contribution in [2.75, 3.05) is 21.3 Å². The number of ketones is 1. The number of para-hydroxylation sites is 1. The van der Waals surface area contributed by atoms with Crippen LogP contribution in [0.5, 0.6) is 17.2 Å². The van der Waals surface area contributed by atoms with E-state index in [1.165, 1.54) is 27.4 Å². The molecule has 0 bridgehead atoms. The second-order valence-corrected chi connectivity index (χ2v) is 5.59. The number of aromatic amines is 1. The van der Waals surface area contributed by atoms with Crippen molar-refractivity contribution in [1.29, 1.82) is 0 Å². The molecule has 0 aliphatic carbocycles. The Morgan fingerprint density at radius 2 is 1.70 bits per heavy atom. The third kappa shape index (κ3) is 3.67. The Morgan fingerprint density at radius 1 is 1.04 bits per heavy atom. The lowest BCUT2D eigenvalue weighted by Crippen LogP contribution is -2.14. The van der Waals surface area contributed by atoms with Gasteiger partial charge in [-0.1, -0.05) is 18.2 Å². The Morgan fingerprint density at radius 3 is 2.33 bits per heavy atom. The fourth-order valence-corrected chi connectivity index (χ4v) is 2.65. The highest BCUT2D eigenvalue weighted by molar-refractivity contribution is 6.05. The maximum Gasteiger partial charge on any atom is 0.259 e. The van der Waals surface area contributed by atoms with Gasteiger partial charge in [0.1, 0.15) is 0 Å². The SMILES string of the molecule is COc1cc(/C=C/C(=O)c2nc3ccccc3c(=O)[nH]2)cc(OC)c1OC. The second-order valence-electron chi connectivity index (χ2n) is 5.59. The molecule has 0 aliphatic rings. The Kier molecular flexibility index (Phi) is 5.21. The van der Waals surface area contributed by atoms with Crippen molar-refractivity contribution in [2.45, 2.75) is 0 Å². The van der Waals surface area contributed by atoms with E-state index in [0.29, 0.717) is 33.7 Å². The third-order valence-corrected chi connectivity index (χ3v) is 3.96. The van der Waals surface area contributed by atoms with Crippen LogP contribution in [-0.4, -0.2) is 37.1 Å². The Bertz CT molecular complexity index is 1060. The summed E-state index contributed by atoms with van der Waals surface area (Å²) >= 11 is 0. The molecule has 1 aromatic heterocycles. The van der Waals surface area contributed by atoms with Crippen LogP contribution in [0.1, 0.15) is 16.2 Å². The Hall–Kier alpha value is -3.61. The molecule has 3 rings (SSSR count). The van der Waals surface area contributed by atoms with Crippen LogP contribution in [0.4, 0.5) is 0 Å². The van der Waals surface area contributed by atoms with Crippen LogP contribution in [-0.2, 0) is 0 Å². The predicted molar refractivity (Wildman–Crippen MR) is 102 cm³/mol. The Labute approximate surface area is 155 Å². The van der Waals surface area contributed by atoms with E-state index in [1.54, 1.807) is 42.5 Å². The summed E-state index contributed by atoms with van der Waals surface area (Å²) in [6, 6.07) is 10.3. The van der Waals surface area contributed by atoms with Gasteiger partial charge in [-0.2, -0.15) is 0 Å². The summed E-state index contributed by atoms with van der Waals surface area (Å²) in [6.07, 6.45) is 2.91. The van der Waals surface area contributed by atoms with Gasteiger partial charge in [0.25, 0.3) is 5.56 Å². The zero-order chi connectivity index (χ0) is 19.4. The van der Waals surface area contributed by atoms with Crippen molar-refractivity contribution in [1.82, 2.24) is 9.97 Å². The normalized spacial score (nSPS) is 10.9. The van der Waals surface area contributed by atoms with Crippen molar-refractivity contribution < 1.29 is 19.0 Å². The van der Waals surface area contributed by atoms with Crippen LogP contribution < -0.4 is 19.8 Å². The minimum Gasteiger partial charge on any atom is -0.493 e. The van der Waals surface area contributed by atoms with Crippen molar-refractivity contribution in [3.63, 3.8) is 0 Å². The van der Waals surface area contributed by atoms with Crippen molar-refractivity contribution in [2.24, 2.45) is 0 Å². The highest BCUT2D eigenvalue weighted by Gasteiger charge is 2.13. The van der Waals surface area contributed by atoms with Crippen LogP contribution in [0.2, 0.25) is 0 Å². The topological polar surface area (TPSA) is 90.5 Å². The molecule has 138 valence electrons. The number of fused-ring (bicyclic) bond motifs is 1. The first-order valence-electron chi connectivity index (χ1n) is 8.09. The van der Waals surface area contributed by atoms with Crippen molar-refractivity contribution in [3.05, 3.63) is 64.2 Å². The predicted octanol–water partition coefficient (Wildman–Crippen LogP) is 2.85. The van der Waals surface area contributed by atoms with E-state index < -0.39 is 5.78 Å². The molecule has 0 radical (unpaired) electrons. The first-order chi connectivity index (χ1) is 13.1. The lowest BCUT2D eigenvalue weighted by Gasteiger charge is -2.12. The first-order valence-corrected chi connectivity index (χ1v) is 8.09. The average molecular weight is 366 g/mol. The highest BCUT2D eigenvalue weighted by atomic mass is 16.5. The van der Waals surface area contributed by atoms with Crippen LogP contribution in [0.25, 0.3) is 17.0 Å². The molecule has 7 heteroatoms. The van der Waals surface area contributed by atoms with Gasteiger partial charge >= 0.3 is 0 Å². The number of hydrogen-bond donors (Lipinski definition) is 1. The van der Waals surface area contributed by atoms with E-state index in [2.05, 4.69) is 9.97 Å². The van der Waals surface area contributed by atoms with Crippen LogP contribution in [0.15, 0.2) is 47.3 Å². The number of nitrogens with zero attached hydrogens (tertiary/aromatic N) is 1. The van der Waals surface area contributed by atoms with Gasteiger partial charge in [0.15, 0.2) is 17.3 Å². The standard InChI is InChI=1S/C20H18N2O5/c1-25-16-10-12(11-17(26-2)18(16)27-3)8-9-15(23)19-21-14-7-5-4-6-13(14)20(24)22-19/h4-11H,1-3H3,(H,21,22,24)/b9-8+. The number of benzene rings is 2. The number of carbonyl (C=O) groups excluding carboxylic acids is 1. The van der Waals surface area contributed by atoms with E-state index in [0.717, 1.165) is 0 Å². The molecule has 0 fully saturated rings. The van der Waals surface area contributed by atoms with Gasteiger partial charge in [0.05, 0.1) is 32.2 Å². The maximum absolute atomic E-state index is 12.4. The molecule has 2 aromatic carbocycles. The molecule has 0 aliphatic heterocycles. The number of ether oxygens (including phenoxy) is 3. The van der Waals surface area contributed by atoms with Gasteiger partial charge in [-0.15, -0.1) is 0 Å². The fraction of sp³-hybridized carbons (Fsp3) is 0.150. The van der Waals surface area contributed by atoms with E-state index in [4.69, 9.17) is 14.2 Å². The average Bonchev–Trinajstić information content (AvgIpc) is 2.70. The molecule has 0 amide bonds. The van der Waals surface area contributed by atoms with Crippen LogP contribution in [0, 0.1) is 0 Å². The summed E-state index contributed by atoms with van der Waals surface area (Å²) < 4.78 is 15.9. The van der Waals surface area contributed by atoms with Gasteiger partial charge < -0.3 is 19.2 Å². The lowest BCUT2D eigenvalue weighted by molar-refractivity contribution is 0.103. The lowest BCUT2D eigenvalue weighted by atomic mass is 10.1. The zero-order valence-corrected chi connectivity index (χ0v) is 15.1. The smallest absolute Gasteiger partial charge is 0.259 e. The quantitative estimate of drug-likeness (QED) is 0.533. The van der Waals surface area contributed by atoms with Gasteiger partial charge in [-0.3, -0.25) is 9.59 Å². The van der Waals surface area contributed by atoms with E-state index in [1.807, 2.05) is 0 Å². The summed E-state index contributed by atoms with van der Waals surface area (Å²) in [4.78, 5) is 31.3. The largest absolute Gasteiger partial charge is 0.493 e. The number of nitrogens with one attached hydrogen (secondary N) is 1. The van der Waals surface area contributed by atoms with Gasteiger partial charge in [-0.05, 0) is 35.9 Å². The fourth-order valence-electron chi connectivity index (χ4n) is 2.65. The number of allylic oxidation sites excluding steroid dienone is 1. The Balaban J connectivity index is 1.94. The molecule has 0 saturated carbocycles. The molecular formula is C20H18N2O5. The molecule has 27 heavy (non-hydrogen) atoms. The third-order valence-electron chi connectivity index (χ3n) is 3.96. The van der Waals surface area contributed by atoms with Crippen molar-refractivity contribution >= 4 is 22.8 Å². The number of hydrogen-bond acceptors (Lipinski definition) is 6.